The van der Waals surface area contributed by atoms with Crippen LogP contribution in [0.5, 0.6) is 0 Å². The van der Waals surface area contributed by atoms with Gasteiger partial charge in [0.25, 0.3) is 0 Å². The average Bonchev–Trinajstić information content (AvgIpc) is 2.74. The summed E-state index contributed by atoms with van der Waals surface area (Å²) < 4.78 is 17.7. The topological polar surface area (TPSA) is 109 Å². The molecule has 0 bridgehead atoms. The van der Waals surface area contributed by atoms with Crippen LogP contribution < -0.4 is 0 Å². The largest absolute Gasteiger partial charge is 0.459 e. The van der Waals surface area contributed by atoms with E-state index in [1.165, 1.54) is 0 Å². The number of aliphatic hydroxyl groups is 3. The van der Waals surface area contributed by atoms with Crippen molar-refractivity contribution >= 4 is 5.97 Å². The number of aliphatic hydroxyl groups excluding tert-OH is 2. The zero-order valence-electron chi connectivity index (χ0n) is 21.4. The van der Waals surface area contributed by atoms with Crippen molar-refractivity contribution in [3.8, 4) is 0 Å². The molecule has 9 unspecified atom stereocenters. The second-order valence-electron chi connectivity index (χ2n) is 10.7. The summed E-state index contributed by atoms with van der Waals surface area (Å²) in [5, 5.41) is 32.5. The number of hydrogen-bond acceptors (Lipinski definition) is 8. The molecule has 2 fully saturated rings. The first-order chi connectivity index (χ1) is 15.4. The molecule has 0 saturated carbocycles. The van der Waals surface area contributed by atoms with Crippen LogP contribution in [0.1, 0.15) is 79.6 Å². The van der Waals surface area contributed by atoms with Crippen LogP contribution in [0.4, 0.5) is 0 Å². The van der Waals surface area contributed by atoms with Crippen molar-refractivity contribution in [1.29, 1.82) is 0 Å². The van der Waals surface area contributed by atoms with Crippen molar-refractivity contribution in [1.82, 2.24) is 4.90 Å². The summed E-state index contributed by atoms with van der Waals surface area (Å²) in [6.07, 6.45) is 0.0832. The minimum absolute atomic E-state index is 0.0190. The molecule has 2 saturated heterocycles. The first kappa shape index (κ1) is 28.5. The highest BCUT2D eigenvalue weighted by Crippen LogP contribution is 2.29. The highest BCUT2D eigenvalue weighted by atomic mass is 16.7. The minimum Gasteiger partial charge on any atom is -0.459 e. The summed E-state index contributed by atoms with van der Waals surface area (Å²) in [6, 6.07) is 0. The number of carbonyl (C=O) groups is 1. The summed E-state index contributed by atoms with van der Waals surface area (Å²) in [5.41, 5.74) is -1.11. The van der Waals surface area contributed by atoms with E-state index in [-0.39, 0.29) is 30.3 Å². The molecule has 2 rings (SSSR count). The second kappa shape index (κ2) is 12.8. The Bertz CT molecular complexity index is 601. The van der Waals surface area contributed by atoms with Crippen molar-refractivity contribution in [2.45, 2.75) is 122 Å². The number of nitrogens with zero attached hydrogens (tertiary/aromatic N) is 1. The van der Waals surface area contributed by atoms with Crippen LogP contribution in [0.15, 0.2) is 0 Å². The van der Waals surface area contributed by atoms with Gasteiger partial charge in [0, 0.05) is 19.5 Å². The zero-order chi connectivity index (χ0) is 24.8. The molecule has 33 heavy (non-hydrogen) atoms. The first-order valence-electron chi connectivity index (χ1n) is 12.7. The van der Waals surface area contributed by atoms with Crippen molar-refractivity contribution in [3.05, 3.63) is 0 Å². The standard InChI is InChI=1S/C25H47NO7/c1-7-21-25(5,30)12-13-26(6)15-16(2)14-20(28)23(17(3)8-11-22(29)32-21)33-24-19(27)10-9-18(4)31-24/h16-21,23-24,27-28,30H,7-15H2,1-6H3. The number of carbonyl (C=O) groups excluding carboxylic acids is 1. The summed E-state index contributed by atoms with van der Waals surface area (Å²) in [4.78, 5) is 14.7. The average molecular weight is 474 g/mol. The van der Waals surface area contributed by atoms with Crippen molar-refractivity contribution in [2.24, 2.45) is 11.8 Å². The van der Waals surface area contributed by atoms with E-state index >= 15 is 0 Å². The quantitative estimate of drug-likeness (QED) is 0.537. The fourth-order valence-electron chi connectivity index (χ4n) is 5.01. The van der Waals surface area contributed by atoms with E-state index in [4.69, 9.17) is 14.2 Å². The maximum absolute atomic E-state index is 12.6. The molecule has 0 radical (unpaired) electrons. The third kappa shape index (κ3) is 8.75. The number of hydrogen-bond donors (Lipinski definition) is 3. The van der Waals surface area contributed by atoms with Gasteiger partial charge in [-0.15, -0.1) is 0 Å². The predicted octanol–water partition coefficient (Wildman–Crippen LogP) is 2.47. The molecule has 8 nitrogen and oxygen atoms in total. The van der Waals surface area contributed by atoms with E-state index in [9.17, 15) is 20.1 Å². The lowest BCUT2D eigenvalue weighted by Crippen LogP contribution is -2.47. The van der Waals surface area contributed by atoms with E-state index in [0.29, 0.717) is 38.6 Å². The lowest BCUT2D eigenvalue weighted by molar-refractivity contribution is -0.272. The maximum atomic E-state index is 12.6. The fraction of sp³-hybridized carbons (Fsp3) is 0.960. The summed E-state index contributed by atoms with van der Waals surface area (Å²) in [5.74, 6) is -0.327. The van der Waals surface area contributed by atoms with Gasteiger partial charge < -0.3 is 34.4 Å². The molecule has 0 spiro atoms. The maximum Gasteiger partial charge on any atom is 0.306 e. The van der Waals surface area contributed by atoms with Gasteiger partial charge in [0.1, 0.15) is 12.2 Å². The van der Waals surface area contributed by atoms with Crippen molar-refractivity contribution in [2.75, 3.05) is 20.1 Å². The Hall–Kier alpha value is -0.770. The molecule has 2 heterocycles. The molecule has 3 N–H and O–H groups in total. The lowest BCUT2D eigenvalue weighted by Gasteiger charge is -2.38. The Morgan fingerprint density at radius 3 is 2.52 bits per heavy atom. The van der Waals surface area contributed by atoms with Crippen LogP contribution >= 0.6 is 0 Å². The molecule has 0 aliphatic carbocycles. The number of rotatable bonds is 3. The smallest absolute Gasteiger partial charge is 0.306 e. The molecule has 194 valence electrons. The molecule has 8 heteroatoms. The van der Waals surface area contributed by atoms with Gasteiger partial charge >= 0.3 is 5.97 Å². The monoisotopic (exact) mass is 473 g/mol. The SMILES string of the molecule is CCC1OC(=O)CCC(C)C(OC2OC(C)CCC2O)C(O)CC(C)CN(C)CCC1(C)O. The van der Waals surface area contributed by atoms with Gasteiger partial charge in [-0.1, -0.05) is 20.8 Å². The van der Waals surface area contributed by atoms with Crippen molar-refractivity contribution < 1.29 is 34.3 Å². The fourth-order valence-corrected chi connectivity index (χ4v) is 5.01. The molecular weight excluding hydrogens is 426 g/mol. The van der Waals surface area contributed by atoms with Crippen LogP contribution in [0.2, 0.25) is 0 Å². The molecule has 0 amide bonds. The highest BCUT2D eigenvalue weighted by molar-refractivity contribution is 5.69. The van der Waals surface area contributed by atoms with Crippen LogP contribution in [-0.4, -0.2) is 88.7 Å². The van der Waals surface area contributed by atoms with Gasteiger partial charge in [-0.25, -0.2) is 0 Å². The van der Waals surface area contributed by atoms with E-state index in [2.05, 4.69) is 11.8 Å². The molecule has 2 aliphatic heterocycles. The molecule has 2 aliphatic rings. The number of esters is 1. The van der Waals surface area contributed by atoms with Gasteiger partial charge in [0.05, 0.1) is 23.9 Å². The van der Waals surface area contributed by atoms with Crippen LogP contribution in [0, 0.1) is 11.8 Å². The Morgan fingerprint density at radius 1 is 1.15 bits per heavy atom. The highest BCUT2D eigenvalue weighted by Gasteiger charge is 2.37. The Morgan fingerprint density at radius 2 is 1.85 bits per heavy atom. The van der Waals surface area contributed by atoms with Crippen molar-refractivity contribution in [3.63, 3.8) is 0 Å². The summed E-state index contributed by atoms with van der Waals surface area (Å²) >= 11 is 0. The van der Waals surface area contributed by atoms with Crippen LogP contribution in [-0.2, 0) is 19.0 Å². The molecule has 0 aromatic carbocycles. The summed E-state index contributed by atoms with van der Waals surface area (Å²) in [7, 11) is 1.99. The Kier molecular flexibility index (Phi) is 11.0. The number of ether oxygens (including phenoxy) is 3. The second-order valence-corrected chi connectivity index (χ2v) is 10.7. The predicted molar refractivity (Wildman–Crippen MR) is 126 cm³/mol. The number of cyclic esters (lactones) is 1. The van der Waals surface area contributed by atoms with Gasteiger partial charge in [-0.2, -0.15) is 0 Å². The van der Waals surface area contributed by atoms with Gasteiger partial charge in [0.2, 0.25) is 0 Å². The molecule has 9 atom stereocenters. The van der Waals surface area contributed by atoms with E-state index < -0.39 is 36.3 Å². The minimum atomic E-state index is -1.11. The lowest BCUT2D eigenvalue weighted by atomic mass is 9.89. The van der Waals surface area contributed by atoms with E-state index in [1.54, 1.807) is 6.92 Å². The molecular formula is C25H47NO7. The molecule has 0 aromatic rings. The van der Waals surface area contributed by atoms with Crippen LogP contribution in [0.3, 0.4) is 0 Å². The van der Waals surface area contributed by atoms with Gasteiger partial charge in [-0.3, -0.25) is 4.79 Å². The summed E-state index contributed by atoms with van der Waals surface area (Å²) in [6.45, 7) is 11.0. The Labute approximate surface area is 199 Å². The zero-order valence-corrected chi connectivity index (χ0v) is 21.4. The van der Waals surface area contributed by atoms with E-state index in [1.807, 2.05) is 27.8 Å². The van der Waals surface area contributed by atoms with Gasteiger partial charge in [-0.05, 0) is 71.3 Å². The van der Waals surface area contributed by atoms with Gasteiger partial charge in [0.15, 0.2) is 6.29 Å². The van der Waals surface area contributed by atoms with E-state index in [0.717, 1.165) is 13.0 Å². The first-order valence-corrected chi connectivity index (χ1v) is 12.7. The third-order valence-electron chi connectivity index (χ3n) is 7.19. The Balaban J connectivity index is 2.19. The van der Waals surface area contributed by atoms with Crippen LogP contribution in [0.25, 0.3) is 0 Å². The third-order valence-corrected chi connectivity index (χ3v) is 7.19. The normalized spacial score (nSPS) is 43.4. The molecule has 0 aromatic heterocycles.